The second kappa shape index (κ2) is 11.8. The molecule has 4 aliphatic rings. The largest absolute Gasteiger partial charge is 0.359 e. The molecule has 5 atom stereocenters. The van der Waals surface area contributed by atoms with Crippen molar-refractivity contribution in [3.63, 3.8) is 0 Å². The van der Waals surface area contributed by atoms with Crippen LogP contribution in [0.3, 0.4) is 0 Å². The Balaban J connectivity index is 1.41. The van der Waals surface area contributed by atoms with E-state index in [1.165, 1.54) is 6.42 Å². The molecule has 2 saturated heterocycles. The van der Waals surface area contributed by atoms with Crippen LogP contribution in [0.15, 0.2) is 30.4 Å². The number of benzene rings is 1. The standard InChI is InChI=1S/C29H38Cl2N4O4/c1-3-4-12-34(2)13-14-35-25(27(37)32-20-8-6-5-7-9-20)29-11-10-22(39-29)23(24(29)28(35)38)26(36)33-21-16-18(30)15-19(31)17-21/h10-11,15-17,20,22-25H,3-9,12-14H2,1-2H3,(H,32,37)(H,33,36). The fourth-order valence-electron chi connectivity index (χ4n) is 6.70. The lowest BCUT2D eigenvalue weighted by molar-refractivity contribution is -0.141. The van der Waals surface area contributed by atoms with Gasteiger partial charge in [-0.1, -0.05) is 68.0 Å². The monoisotopic (exact) mass is 576 g/mol. The Kier molecular flexibility index (Phi) is 8.57. The van der Waals surface area contributed by atoms with Gasteiger partial charge in [-0.05, 0) is 51.1 Å². The van der Waals surface area contributed by atoms with Crippen molar-refractivity contribution in [3.8, 4) is 0 Å². The molecular formula is C29H38Cl2N4O4. The first-order valence-corrected chi connectivity index (χ1v) is 14.9. The number of ether oxygens (including phenoxy) is 1. The number of halogens is 2. The van der Waals surface area contributed by atoms with Crippen molar-refractivity contribution in [1.82, 2.24) is 15.1 Å². The van der Waals surface area contributed by atoms with Gasteiger partial charge in [0.15, 0.2) is 0 Å². The molecule has 3 aliphatic heterocycles. The predicted molar refractivity (Wildman–Crippen MR) is 152 cm³/mol. The first kappa shape index (κ1) is 28.4. The van der Waals surface area contributed by atoms with Crippen LogP contribution < -0.4 is 10.6 Å². The summed E-state index contributed by atoms with van der Waals surface area (Å²) in [5, 5.41) is 6.90. The zero-order valence-electron chi connectivity index (χ0n) is 22.6. The number of carbonyl (C=O) groups excluding carboxylic acids is 3. The first-order valence-electron chi connectivity index (χ1n) is 14.2. The Morgan fingerprint density at radius 3 is 2.51 bits per heavy atom. The number of anilines is 1. The molecule has 5 unspecified atom stereocenters. The molecule has 3 fully saturated rings. The van der Waals surface area contributed by atoms with Crippen LogP contribution in [0.5, 0.6) is 0 Å². The number of nitrogens with zero attached hydrogens (tertiary/aromatic N) is 2. The molecule has 212 valence electrons. The van der Waals surface area contributed by atoms with Gasteiger partial charge in [0, 0.05) is 34.9 Å². The average Bonchev–Trinajstić information content (AvgIpc) is 3.53. The summed E-state index contributed by atoms with van der Waals surface area (Å²) in [5.74, 6) is -2.31. The fraction of sp³-hybridized carbons (Fsp3) is 0.621. The molecule has 39 heavy (non-hydrogen) atoms. The van der Waals surface area contributed by atoms with Crippen molar-refractivity contribution in [1.29, 1.82) is 0 Å². The van der Waals surface area contributed by atoms with Crippen LogP contribution in [0, 0.1) is 11.8 Å². The number of hydrogen-bond donors (Lipinski definition) is 2. The maximum Gasteiger partial charge on any atom is 0.246 e. The number of amides is 3. The van der Waals surface area contributed by atoms with E-state index in [-0.39, 0.29) is 23.8 Å². The van der Waals surface area contributed by atoms with E-state index in [4.69, 9.17) is 27.9 Å². The van der Waals surface area contributed by atoms with Crippen molar-refractivity contribution in [3.05, 3.63) is 40.4 Å². The Labute approximate surface area is 240 Å². The van der Waals surface area contributed by atoms with Crippen LogP contribution >= 0.6 is 23.2 Å². The Morgan fingerprint density at radius 1 is 1.10 bits per heavy atom. The molecule has 1 spiro atoms. The van der Waals surface area contributed by atoms with E-state index in [0.29, 0.717) is 28.8 Å². The third kappa shape index (κ3) is 5.58. The molecule has 1 aliphatic carbocycles. The van der Waals surface area contributed by atoms with Crippen LogP contribution in [0.4, 0.5) is 5.69 Å². The fourth-order valence-corrected chi connectivity index (χ4v) is 7.23. The van der Waals surface area contributed by atoms with Crippen molar-refractivity contribution in [2.45, 2.75) is 75.7 Å². The summed E-state index contributed by atoms with van der Waals surface area (Å²) >= 11 is 12.3. The molecular weight excluding hydrogens is 539 g/mol. The summed E-state index contributed by atoms with van der Waals surface area (Å²) in [5.41, 5.74) is -0.721. The minimum absolute atomic E-state index is 0.0973. The van der Waals surface area contributed by atoms with Crippen LogP contribution in [0.1, 0.15) is 51.9 Å². The van der Waals surface area contributed by atoms with E-state index < -0.39 is 29.6 Å². The highest BCUT2D eigenvalue weighted by molar-refractivity contribution is 6.35. The number of fused-ring (bicyclic) bond motifs is 1. The van der Waals surface area contributed by atoms with Gasteiger partial charge >= 0.3 is 0 Å². The van der Waals surface area contributed by atoms with Gasteiger partial charge in [0.25, 0.3) is 0 Å². The van der Waals surface area contributed by atoms with Crippen LogP contribution in [-0.2, 0) is 19.1 Å². The zero-order chi connectivity index (χ0) is 27.7. The molecule has 2 bridgehead atoms. The molecule has 8 nitrogen and oxygen atoms in total. The highest BCUT2D eigenvalue weighted by Crippen LogP contribution is 2.55. The van der Waals surface area contributed by atoms with E-state index in [2.05, 4.69) is 22.5 Å². The summed E-state index contributed by atoms with van der Waals surface area (Å²) in [4.78, 5) is 45.4. The van der Waals surface area contributed by atoms with Gasteiger partial charge in [0.05, 0.1) is 17.9 Å². The highest BCUT2D eigenvalue weighted by Gasteiger charge is 2.72. The maximum absolute atomic E-state index is 14.1. The molecule has 1 aromatic rings. The van der Waals surface area contributed by atoms with E-state index in [1.54, 1.807) is 23.1 Å². The lowest BCUT2D eigenvalue weighted by Crippen LogP contribution is -2.57. The first-order chi connectivity index (χ1) is 18.7. The zero-order valence-corrected chi connectivity index (χ0v) is 24.1. The molecule has 0 radical (unpaired) electrons. The van der Waals surface area contributed by atoms with Gasteiger partial charge in [0.1, 0.15) is 11.6 Å². The predicted octanol–water partition coefficient (Wildman–Crippen LogP) is 4.26. The van der Waals surface area contributed by atoms with Gasteiger partial charge in [0.2, 0.25) is 17.7 Å². The van der Waals surface area contributed by atoms with Gasteiger partial charge in [-0.2, -0.15) is 0 Å². The lowest BCUT2D eigenvalue weighted by Gasteiger charge is -2.34. The van der Waals surface area contributed by atoms with Crippen LogP contribution in [0.2, 0.25) is 10.0 Å². The molecule has 2 N–H and O–H groups in total. The minimum atomic E-state index is -1.17. The maximum atomic E-state index is 14.1. The number of likely N-dealkylation sites (N-methyl/N-ethyl adjacent to an activating group) is 1. The van der Waals surface area contributed by atoms with Crippen LogP contribution in [0.25, 0.3) is 0 Å². The average molecular weight is 578 g/mol. The Bertz CT molecular complexity index is 1120. The topological polar surface area (TPSA) is 91.0 Å². The number of hydrogen-bond acceptors (Lipinski definition) is 5. The van der Waals surface area contributed by atoms with Crippen molar-refractivity contribution >= 4 is 46.6 Å². The normalized spacial score (nSPS) is 29.8. The van der Waals surface area contributed by atoms with E-state index in [1.807, 2.05) is 19.2 Å². The number of carbonyl (C=O) groups is 3. The van der Waals surface area contributed by atoms with E-state index in [0.717, 1.165) is 45.1 Å². The summed E-state index contributed by atoms with van der Waals surface area (Å²) in [6, 6.07) is 4.08. The summed E-state index contributed by atoms with van der Waals surface area (Å²) < 4.78 is 6.44. The number of likely N-dealkylation sites (tertiary alicyclic amines) is 1. The molecule has 3 heterocycles. The number of unbranched alkanes of at least 4 members (excludes halogenated alkanes) is 1. The lowest BCUT2D eigenvalue weighted by atomic mass is 9.74. The van der Waals surface area contributed by atoms with Gasteiger partial charge in [-0.15, -0.1) is 0 Å². The van der Waals surface area contributed by atoms with Crippen LogP contribution in [-0.4, -0.2) is 78.0 Å². The molecule has 5 rings (SSSR count). The summed E-state index contributed by atoms with van der Waals surface area (Å²) in [6.45, 7) is 4.08. The van der Waals surface area contributed by atoms with Crippen molar-refractivity contribution in [2.75, 3.05) is 32.0 Å². The van der Waals surface area contributed by atoms with E-state index in [9.17, 15) is 14.4 Å². The Hall–Kier alpha value is -2.13. The molecule has 3 amide bonds. The molecule has 10 heteroatoms. The third-order valence-electron chi connectivity index (χ3n) is 8.62. The van der Waals surface area contributed by atoms with Crippen molar-refractivity contribution in [2.24, 2.45) is 11.8 Å². The third-order valence-corrected chi connectivity index (χ3v) is 9.06. The smallest absolute Gasteiger partial charge is 0.246 e. The van der Waals surface area contributed by atoms with Gasteiger partial charge in [-0.25, -0.2) is 0 Å². The molecule has 0 aromatic heterocycles. The minimum Gasteiger partial charge on any atom is -0.359 e. The summed E-state index contributed by atoms with van der Waals surface area (Å²) in [7, 11) is 2.03. The molecule has 1 aromatic carbocycles. The second-order valence-electron chi connectivity index (χ2n) is 11.4. The van der Waals surface area contributed by atoms with Gasteiger partial charge < -0.3 is 25.2 Å². The van der Waals surface area contributed by atoms with E-state index >= 15 is 0 Å². The number of rotatable bonds is 10. The van der Waals surface area contributed by atoms with Crippen molar-refractivity contribution < 1.29 is 19.1 Å². The Morgan fingerprint density at radius 2 is 1.82 bits per heavy atom. The SMILES string of the molecule is CCCCN(C)CCN1C(=O)C2C(C(=O)Nc3cc(Cl)cc(Cl)c3)C3C=CC2(O3)C1C(=O)NC1CCCCC1. The van der Waals surface area contributed by atoms with Gasteiger partial charge in [-0.3, -0.25) is 14.4 Å². The quantitative estimate of drug-likeness (QED) is 0.406. The molecule has 1 saturated carbocycles. The highest BCUT2D eigenvalue weighted by atomic mass is 35.5. The number of nitrogens with one attached hydrogen (secondary N) is 2. The second-order valence-corrected chi connectivity index (χ2v) is 12.3. The summed E-state index contributed by atoms with van der Waals surface area (Å²) in [6.07, 6.45) is 10.5.